The number of carbonyl (C=O) groups excluding carboxylic acids is 1. The third-order valence-corrected chi connectivity index (χ3v) is 8.15. The summed E-state index contributed by atoms with van der Waals surface area (Å²) < 4.78 is 44.8. The number of fused-ring (bicyclic) bond motifs is 1. The van der Waals surface area contributed by atoms with Crippen LogP contribution in [0.4, 0.5) is 18.9 Å². The molecule has 210 valence electrons. The molecule has 0 radical (unpaired) electrons. The molecule has 2 aliphatic rings. The fraction of sp³-hybridized carbons (Fsp3) is 0.423. The Kier molecular flexibility index (Phi) is 8.27. The molecule has 3 aromatic rings. The monoisotopic (exact) mass is 603 g/mol. The highest BCUT2D eigenvalue weighted by atomic mass is 35.5. The molecule has 1 unspecified atom stereocenters. The smallest absolute Gasteiger partial charge is 0.372 e. The van der Waals surface area contributed by atoms with Gasteiger partial charge in [0.2, 0.25) is 0 Å². The minimum atomic E-state index is -4.89. The van der Waals surface area contributed by atoms with Gasteiger partial charge < -0.3 is 14.9 Å². The van der Waals surface area contributed by atoms with Crippen molar-refractivity contribution in [2.75, 3.05) is 24.5 Å². The van der Waals surface area contributed by atoms with E-state index in [1.54, 1.807) is 0 Å². The molecule has 2 heterocycles. The standard InChI is InChI=1S/C26H26Cl2F3N5O2.ClH/c1-3-34(4-2)17-9-15(10-17)14-35-22-13-18(36-8-7-32-33-36)12-20(26(29,30)31)23(22)25(38,24(35)37)19-6-5-16(27)11-21(19)28;/h5-8,11-13,15,17,38H,3-4,9-10,14H2,1-2H3;1H/t15-,17-,25?;. The van der Waals surface area contributed by atoms with Crippen molar-refractivity contribution in [2.24, 2.45) is 5.92 Å². The van der Waals surface area contributed by atoms with E-state index in [4.69, 9.17) is 23.2 Å². The van der Waals surface area contributed by atoms with Crippen LogP contribution in [0.5, 0.6) is 0 Å². The second-order valence-electron chi connectivity index (χ2n) is 9.70. The molecule has 1 atom stereocenters. The lowest BCUT2D eigenvalue weighted by atomic mass is 9.78. The summed E-state index contributed by atoms with van der Waals surface area (Å²) in [5.41, 5.74) is -4.50. The molecular weight excluding hydrogens is 578 g/mol. The summed E-state index contributed by atoms with van der Waals surface area (Å²) in [7, 11) is 0. The van der Waals surface area contributed by atoms with E-state index in [9.17, 15) is 23.1 Å². The van der Waals surface area contributed by atoms with E-state index in [0.29, 0.717) is 6.04 Å². The number of alkyl halides is 3. The number of nitrogens with zero attached hydrogens (tertiary/aromatic N) is 5. The quantitative estimate of drug-likeness (QED) is 0.374. The molecule has 0 saturated heterocycles. The molecule has 1 saturated carbocycles. The van der Waals surface area contributed by atoms with Gasteiger partial charge in [0.1, 0.15) is 0 Å². The number of hydrogen-bond acceptors (Lipinski definition) is 5. The van der Waals surface area contributed by atoms with Crippen molar-refractivity contribution in [3.63, 3.8) is 0 Å². The SMILES string of the molecule is CCN(CC)[C@H]1C[C@H](CN2C(=O)C(O)(c3ccc(Cl)cc3Cl)c3c2cc(-n2ccnn2)cc3C(F)(F)F)C1.Cl. The van der Waals surface area contributed by atoms with Gasteiger partial charge in [0, 0.05) is 33.8 Å². The third kappa shape index (κ3) is 5.02. The van der Waals surface area contributed by atoms with E-state index in [0.717, 1.165) is 32.0 Å². The maximum atomic E-state index is 14.6. The van der Waals surface area contributed by atoms with Crippen molar-refractivity contribution in [3.05, 3.63) is 69.5 Å². The zero-order chi connectivity index (χ0) is 27.4. The first-order valence-corrected chi connectivity index (χ1v) is 13.1. The molecular formula is C26H27Cl3F3N5O2. The number of amides is 1. The number of anilines is 1. The number of aromatic nitrogens is 3. The zero-order valence-electron chi connectivity index (χ0n) is 21.1. The molecule has 7 nitrogen and oxygen atoms in total. The van der Waals surface area contributed by atoms with Crippen molar-refractivity contribution in [1.82, 2.24) is 19.9 Å². The summed E-state index contributed by atoms with van der Waals surface area (Å²) >= 11 is 12.4. The Balaban J connectivity index is 0.00000353. The zero-order valence-corrected chi connectivity index (χ0v) is 23.4. The Bertz CT molecular complexity index is 1360. The summed E-state index contributed by atoms with van der Waals surface area (Å²) in [5, 5.41) is 19.6. The maximum Gasteiger partial charge on any atom is 0.416 e. The first-order valence-electron chi connectivity index (χ1n) is 12.3. The summed E-state index contributed by atoms with van der Waals surface area (Å²) in [6.45, 7) is 6.11. The van der Waals surface area contributed by atoms with Gasteiger partial charge in [0.25, 0.3) is 5.91 Å². The average Bonchev–Trinajstić information content (AvgIpc) is 3.44. The van der Waals surface area contributed by atoms with Crippen LogP contribution in [0.15, 0.2) is 42.7 Å². The van der Waals surface area contributed by atoms with Gasteiger partial charge in [-0.05, 0) is 56.1 Å². The molecule has 39 heavy (non-hydrogen) atoms. The molecule has 1 aromatic heterocycles. The van der Waals surface area contributed by atoms with Crippen molar-refractivity contribution < 1.29 is 23.1 Å². The largest absolute Gasteiger partial charge is 0.416 e. The summed E-state index contributed by atoms with van der Waals surface area (Å²) in [5.74, 6) is -0.825. The molecule has 1 aliphatic heterocycles. The lowest BCUT2D eigenvalue weighted by Gasteiger charge is -2.43. The van der Waals surface area contributed by atoms with Gasteiger partial charge >= 0.3 is 6.18 Å². The average molecular weight is 605 g/mol. The Morgan fingerprint density at radius 1 is 1.15 bits per heavy atom. The van der Waals surface area contributed by atoms with E-state index >= 15 is 0 Å². The van der Waals surface area contributed by atoms with Gasteiger partial charge in [-0.2, -0.15) is 13.2 Å². The van der Waals surface area contributed by atoms with E-state index in [-0.39, 0.29) is 51.9 Å². The van der Waals surface area contributed by atoms with Gasteiger partial charge in [-0.1, -0.05) is 48.3 Å². The van der Waals surface area contributed by atoms with Crippen LogP contribution in [0.1, 0.15) is 43.4 Å². The van der Waals surface area contributed by atoms with Gasteiger partial charge in [0.05, 0.1) is 29.3 Å². The van der Waals surface area contributed by atoms with Gasteiger partial charge in [0.15, 0.2) is 5.60 Å². The van der Waals surface area contributed by atoms with Gasteiger partial charge in [-0.15, -0.1) is 17.5 Å². The van der Waals surface area contributed by atoms with E-state index in [2.05, 4.69) is 29.1 Å². The second-order valence-corrected chi connectivity index (χ2v) is 10.5. The number of halogens is 6. The fourth-order valence-electron chi connectivity index (χ4n) is 5.68. The predicted octanol–water partition coefficient (Wildman–Crippen LogP) is 5.72. The summed E-state index contributed by atoms with van der Waals surface area (Å²) in [4.78, 5) is 17.6. The van der Waals surface area contributed by atoms with Crippen LogP contribution in [0.3, 0.4) is 0 Å². The molecule has 5 rings (SSSR count). The van der Waals surface area contributed by atoms with Crippen molar-refractivity contribution in [2.45, 2.75) is 44.5 Å². The first kappa shape index (κ1) is 29.6. The predicted molar refractivity (Wildman–Crippen MR) is 145 cm³/mol. The molecule has 1 aliphatic carbocycles. The van der Waals surface area contributed by atoms with Crippen molar-refractivity contribution in [3.8, 4) is 5.69 Å². The van der Waals surface area contributed by atoms with E-state index < -0.39 is 28.8 Å². The molecule has 0 spiro atoms. The van der Waals surface area contributed by atoms with Gasteiger partial charge in [-0.3, -0.25) is 4.79 Å². The van der Waals surface area contributed by atoms with Crippen LogP contribution in [-0.4, -0.2) is 56.6 Å². The second kappa shape index (κ2) is 10.9. The molecule has 1 fully saturated rings. The minimum absolute atomic E-state index is 0. The van der Waals surface area contributed by atoms with Crippen LogP contribution >= 0.6 is 35.6 Å². The Hall–Kier alpha value is -2.37. The normalized spacial score (nSPS) is 22.6. The lowest BCUT2D eigenvalue weighted by Crippen LogP contribution is -2.50. The molecule has 2 aromatic carbocycles. The number of hydrogen-bond donors (Lipinski definition) is 1. The Morgan fingerprint density at radius 3 is 2.41 bits per heavy atom. The highest BCUT2D eigenvalue weighted by Crippen LogP contribution is 2.53. The highest BCUT2D eigenvalue weighted by molar-refractivity contribution is 6.35. The Labute approximate surface area is 239 Å². The van der Waals surface area contributed by atoms with Crippen LogP contribution < -0.4 is 4.90 Å². The number of rotatable bonds is 7. The molecule has 13 heteroatoms. The Morgan fingerprint density at radius 2 is 1.85 bits per heavy atom. The summed E-state index contributed by atoms with van der Waals surface area (Å²) in [6.07, 6.45) is -0.541. The lowest BCUT2D eigenvalue weighted by molar-refractivity contribution is -0.142. The van der Waals surface area contributed by atoms with Crippen molar-refractivity contribution >= 4 is 47.2 Å². The van der Waals surface area contributed by atoms with Crippen molar-refractivity contribution in [1.29, 1.82) is 0 Å². The fourth-order valence-corrected chi connectivity index (χ4v) is 6.22. The number of benzene rings is 2. The van der Waals surface area contributed by atoms with Crippen LogP contribution in [0.2, 0.25) is 10.0 Å². The van der Waals surface area contributed by atoms with Gasteiger partial charge in [-0.25, -0.2) is 4.68 Å². The maximum absolute atomic E-state index is 14.6. The van der Waals surface area contributed by atoms with Crippen LogP contribution in [0.25, 0.3) is 5.69 Å². The third-order valence-electron chi connectivity index (χ3n) is 7.60. The first-order chi connectivity index (χ1) is 18.0. The number of aliphatic hydroxyl groups is 1. The van der Waals surface area contributed by atoms with E-state index in [1.807, 2.05) is 0 Å². The summed E-state index contributed by atoms with van der Waals surface area (Å²) in [6, 6.07) is 6.61. The van der Waals surface area contributed by atoms with Crippen LogP contribution in [0, 0.1) is 5.92 Å². The van der Waals surface area contributed by atoms with Crippen LogP contribution in [-0.2, 0) is 16.6 Å². The molecule has 1 N–H and O–H groups in total. The topological polar surface area (TPSA) is 74.5 Å². The minimum Gasteiger partial charge on any atom is -0.372 e. The highest BCUT2D eigenvalue weighted by Gasteiger charge is 2.57. The molecule has 1 amide bonds. The number of carbonyl (C=O) groups is 1. The molecule has 0 bridgehead atoms. The van der Waals surface area contributed by atoms with E-state index in [1.165, 1.54) is 46.2 Å².